The minimum Gasteiger partial charge on any atom is -0.493 e. The highest BCUT2D eigenvalue weighted by Gasteiger charge is 2.30. The lowest BCUT2D eigenvalue weighted by molar-refractivity contribution is 0.0677. The van der Waals surface area contributed by atoms with E-state index in [2.05, 4.69) is 22.1 Å². The Labute approximate surface area is 196 Å². The fourth-order valence-corrected chi connectivity index (χ4v) is 4.83. The van der Waals surface area contributed by atoms with E-state index in [0.717, 1.165) is 35.3 Å². The second-order valence-electron chi connectivity index (χ2n) is 8.54. The molecule has 0 radical (unpaired) electrons. The Bertz CT molecular complexity index is 1470. The van der Waals surface area contributed by atoms with Crippen molar-refractivity contribution in [2.24, 2.45) is 0 Å². The monoisotopic (exact) mass is 461 g/mol. The van der Waals surface area contributed by atoms with Gasteiger partial charge in [-0.15, -0.1) is 10.2 Å². The van der Waals surface area contributed by atoms with Crippen LogP contribution in [0.15, 0.2) is 35.1 Å². The molecule has 1 atom stereocenters. The van der Waals surface area contributed by atoms with E-state index in [1.165, 1.54) is 0 Å². The van der Waals surface area contributed by atoms with Crippen molar-refractivity contribution in [1.29, 1.82) is 0 Å². The first kappa shape index (κ1) is 21.9. The molecular formula is C25H27N5O4. The van der Waals surface area contributed by atoms with Crippen LogP contribution in [0.1, 0.15) is 53.6 Å². The number of methoxy groups -OCH3 is 2. The number of benzene rings is 2. The third kappa shape index (κ3) is 3.39. The molecule has 9 nitrogen and oxygen atoms in total. The molecule has 1 N–H and O–H groups in total. The van der Waals surface area contributed by atoms with Crippen molar-refractivity contribution in [2.45, 2.75) is 39.2 Å². The van der Waals surface area contributed by atoms with Crippen molar-refractivity contribution in [3.8, 4) is 11.5 Å². The van der Waals surface area contributed by atoms with Crippen molar-refractivity contribution < 1.29 is 14.3 Å². The number of aromatic amines is 1. The lowest BCUT2D eigenvalue weighted by Gasteiger charge is -2.36. The van der Waals surface area contributed by atoms with E-state index in [0.29, 0.717) is 35.5 Å². The van der Waals surface area contributed by atoms with Gasteiger partial charge in [0.1, 0.15) is 5.82 Å². The van der Waals surface area contributed by atoms with E-state index in [1.807, 2.05) is 30.0 Å². The topological polar surface area (TPSA) is 102 Å². The van der Waals surface area contributed by atoms with E-state index < -0.39 is 0 Å². The standard InChI is InChI=1S/C25H27N5O4/c1-5-6-22-27-28-23-24(31)26-18-11-16(7-8-19(18)30(22)23)25(32)29-10-9-15-12-20(33-3)21(34-4)13-17(15)14(29)2/h7-8,11-14H,5-6,9-10H2,1-4H3,(H,26,31). The lowest BCUT2D eigenvalue weighted by atomic mass is 9.92. The predicted molar refractivity (Wildman–Crippen MR) is 128 cm³/mol. The average Bonchev–Trinajstić information content (AvgIpc) is 3.28. The van der Waals surface area contributed by atoms with Gasteiger partial charge in [-0.1, -0.05) is 6.92 Å². The van der Waals surface area contributed by atoms with Crippen LogP contribution in [0.25, 0.3) is 16.7 Å². The highest BCUT2D eigenvalue weighted by Crippen LogP contribution is 2.38. The number of nitrogens with zero attached hydrogens (tertiary/aromatic N) is 4. The molecule has 2 aromatic carbocycles. The summed E-state index contributed by atoms with van der Waals surface area (Å²) in [7, 11) is 3.23. The molecule has 9 heteroatoms. The van der Waals surface area contributed by atoms with Gasteiger partial charge in [-0.2, -0.15) is 0 Å². The average molecular weight is 462 g/mol. The van der Waals surface area contributed by atoms with Gasteiger partial charge in [0.2, 0.25) is 5.65 Å². The number of fused-ring (bicyclic) bond motifs is 4. The van der Waals surface area contributed by atoms with Gasteiger partial charge in [0.15, 0.2) is 11.5 Å². The molecule has 2 aromatic heterocycles. The van der Waals surface area contributed by atoms with Crippen molar-refractivity contribution >= 4 is 22.6 Å². The second kappa shape index (κ2) is 8.48. The van der Waals surface area contributed by atoms with Crippen LogP contribution in [0.4, 0.5) is 0 Å². The zero-order valence-electron chi connectivity index (χ0n) is 19.7. The van der Waals surface area contributed by atoms with Gasteiger partial charge < -0.3 is 19.4 Å². The van der Waals surface area contributed by atoms with E-state index in [1.54, 1.807) is 30.8 Å². The van der Waals surface area contributed by atoms with Gasteiger partial charge in [-0.3, -0.25) is 14.0 Å². The number of rotatable bonds is 5. The number of hydrogen-bond acceptors (Lipinski definition) is 6. The minimum atomic E-state index is -0.326. The Morgan fingerprint density at radius 2 is 1.91 bits per heavy atom. The molecule has 0 saturated carbocycles. The molecule has 5 rings (SSSR count). The maximum Gasteiger partial charge on any atom is 0.294 e. The summed E-state index contributed by atoms with van der Waals surface area (Å²) in [6, 6.07) is 9.20. The summed E-state index contributed by atoms with van der Waals surface area (Å²) in [5.41, 5.74) is 4.00. The molecule has 3 heterocycles. The molecule has 1 unspecified atom stereocenters. The zero-order valence-corrected chi connectivity index (χ0v) is 19.7. The number of amides is 1. The fraction of sp³-hybridized carbons (Fsp3) is 0.360. The molecular weight excluding hydrogens is 434 g/mol. The summed E-state index contributed by atoms with van der Waals surface area (Å²) >= 11 is 0. The smallest absolute Gasteiger partial charge is 0.294 e. The predicted octanol–water partition coefficient (Wildman–Crippen LogP) is 3.30. The Morgan fingerprint density at radius 1 is 1.15 bits per heavy atom. The van der Waals surface area contributed by atoms with Gasteiger partial charge in [-0.05, 0) is 61.2 Å². The highest BCUT2D eigenvalue weighted by molar-refractivity contribution is 5.98. The maximum atomic E-state index is 13.6. The summed E-state index contributed by atoms with van der Waals surface area (Å²) in [5.74, 6) is 1.98. The first-order chi connectivity index (χ1) is 16.5. The quantitative estimate of drug-likeness (QED) is 0.489. The Balaban J connectivity index is 1.53. The van der Waals surface area contributed by atoms with Crippen LogP contribution in [0.3, 0.4) is 0 Å². The van der Waals surface area contributed by atoms with Crippen LogP contribution in [-0.2, 0) is 12.8 Å². The van der Waals surface area contributed by atoms with Gasteiger partial charge in [0.05, 0.1) is 31.3 Å². The number of carbonyl (C=O) groups excluding carboxylic acids is 1. The number of H-pyrrole nitrogens is 1. The van der Waals surface area contributed by atoms with Crippen LogP contribution < -0.4 is 15.0 Å². The van der Waals surface area contributed by atoms with E-state index in [-0.39, 0.29) is 23.2 Å². The summed E-state index contributed by atoms with van der Waals surface area (Å²) in [5, 5.41) is 8.23. The molecule has 0 bridgehead atoms. The fourth-order valence-electron chi connectivity index (χ4n) is 4.83. The Hall–Kier alpha value is -3.88. The zero-order chi connectivity index (χ0) is 24.0. The molecule has 1 amide bonds. The number of hydrogen-bond donors (Lipinski definition) is 1. The summed E-state index contributed by atoms with van der Waals surface area (Å²) in [6.07, 6.45) is 2.31. The molecule has 176 valence electrons. The van der Waals surface area contributed by atoms with Crippen molar-refractivity contribution in [3.63, 3.8) is 0 Å². The SMILES string of the molecule is CCCc1nnc2c(=O)[nH]c3cc(C(=O)N4CCc5cc(OC)c(OC)cc5C4C)ccc3n12. The van der Waals surface area contributed by atoms with Gasteiger partial charge in [-0.25, -0.2) is 0 Å². The molecule has 0 aliphatic carbocycles. The van der Waals surface area contributed by atoms with Crippen molar-refractivity contribution in [1.82, 2.24) is 24.5 Å². The molecule has 1 aliphatic rings. The van der Waals surface area contributed by atoms with Gasteiger partial charge >= 0.3 is 0 Å². The first-order valence-corrected chi connectivity index (χ1v) is 11.4. The molecule has 0 fully saturated rings. The van der Waals surface area contributed by atoms with Crippen molar-refractivity contribution in [3.05, 3.63) is 63.2 Å². The number of aryl methyl sites for hydroxylation is 1. The van der Waals surface area contributed by atoms with E-state index >= 15 is 0 Å². The molecule has 0 spiro atoms. The van der Waals surface area contributed by atoms with Crippen LogP contribution in [0.2, 0.25) is 0 Å². The summed E-state index contributed by atoms with van der Waals surface area (Å²) < 4.78 is 12.7. The second-order valence-corrected chi connectivity index (χ2v) is 8.54. The lowest BCUT2D eigenvalue weighted by Crippen LogP contribution is -2.38. The van der Waals surface area contributed by atoms with E-state index in [9.17, 15) is 9.59 Å². The minimum absolute atomic E-state index is 0.0895. The molecule has 4 aromatic rings. The van der Waals surface area contributed by atoms with Crippen LogP contribution in [0, 0.1) is 0 Å². The third-order valence-electron chi connectivity index (χ3n) is 6.59. The summed E-state index contributed by atoms with van der Waals surface area (Å²) in [6.45, 7) is 4.65. The van der Waals surface area contributed by atoms with Gasteiger partial charge in [0, 0.05) is 18.5 Å². The first-order valence-electron chi connectivity index (χ1n) is 11.4. The van der Waals surface area contributed by atoms with E-state index in [4.69, 9.17) is 9.47 Å². The van der Waals surface area contributed by atoms with Crippen LogP contribution in [-0.4, -0.2) is 51.2 Å². The van der Waals surface area contributed by atoms with Crippen LogP contribution in [0.5, 0.6) is 11.5 Å². The van der Waals surface area contributed by atoms with Crippen LogP contribution >= 0.6 is 0 Å². The Kier molecular flexibility index (Phi) is 5.47. The highest BCUT2D eigenvalue weighted by atomic mass is 16.5. The maximum absolute atomic E-state index is 13.6. The molecule has 1 aliphatic heterocycles. The number of ether oxygens (including phenoxy) is 2. The number of nitrogens with one attached hydrogen (secondary N) is 1. The Morgan fingerprint density at radius 3 is 2.65 bits per heavy atom. The number of aromatic nitrogens is 4. The summed E-state index contributed by atoms with van der Waals surface area (Å²) in [4.78, 5) is 30.9. The largest absolute Gasteiger partial charge is 0.493 e. The normalized spacial score (nSPS) is 15.5. The molecule has 0 saturated heterocycles. The van der Waals surface area contributed by atoms with Gasteiger partial charge in [0.25, 0.3) is 11.5 Å². The molecule has 34 heavy (non-hydrogen) atoms. The number of carbonyl (C=O) groups is 1. The van der Waals surface area contributed by atoms with Crippen molar-refractivity contribution in [2.75, 3.05) is 20.8 Å². The third-order valence-corrected chi connectivity index (χ3v) is 6.59.